The van der Waals surface area contributed by atoms with E-state index in [4.69, 9.17) is 0 Å². The topological polar surface area (TPSA) is 73.2 Å². The fourth-order valence-electron chi connectivity index (χ4n) is 3.75. The van der Waals surface area contributed by atoms with Gasteiger partial charge in [0.1, 0.15) is 5.82 Å². The van der Waals surface area contributed by atoms with Crippen molar-refractivity contribution in [3.63, 3.8) is 0 Å². The van der Waals surface area contributed by atoms with Gasteiger partial charge in [-0.15, -0.1) is 0 Å². The summed E-state index contributed by atoms with van der Waals surface area (Å²) in [7, 11) is 0. The summed E-state index contributed by atoms with van der Waals surface area (Å²) in [5.41, 5.74) is 1.97. The Labute approximate surface area is 195 Å². The van der Waals surface area contributed by atoms with E-state index in [9.17, 15) is 19.2 Å². The number of anilines is 2. The molecule has 0 aromatic heterocycles. The normalized spacial score (nSPS) is 15.5. The summed E-state index contributed by atoms with van der Waals surface area (Å²) in [6.07, 6.45) is -0.0258. The smallest absolute Gasteiger partial charge is 0.241 e. The van der Waals surface area contributed by atoms with Crippen molar-refractivity contribution in [2.45, 2.75) is 12.3 Å². The maximum Gasteiger partial charge on any atom is 0.241 e. The quantitative estimate of drug-likeness (QED) is 0.548. The number of halogens is 1. The minimum Gasteiger partial charge on any atom is -0.320 e. The van der Waals surface area contributed by atoms with Crippen molar-refractivity contribution in [3.8, 4) is 6.07 Å². The summed E-state index contributed by atoms with van der Waals surface area (Å²) in [5.74, 6) is -1.72. The number of hydrogen-bond donors (Lipinski definition) is 1. The molecule has 0 radical (unpaired) electrons. The number of nitrogens with one attached hydrogen (secondary N) is 1. The lowest BCUT2D eigenvalue weighted by Gasteiger charge is -2.26. The van der Waals surface area contributed by atoms with Gasteiger partial charge in [0.05, 0.1) is 22.4 Å². The molecule has 1 unspecified atom stereocenters. The minimum atomic E-state index is -0.693. The van der Waals surface area contributed by atoms with Crippen molar-refractivity contribution in [1.29, 1.82) is 5.26 Å². The maximum absolute atomic E-state index is 14.4. The molecular weight excluding hydrogens is 437 g/mol. The van der Waals surface area contributed by atoms with Crippen LogP contribution in [0.3, 0.4) is 0 Å². The van der Waals surface area contributed by atoms with Crippen LogP contribution in [0.25, 0.3) is 0 Å². The molecule has 1 aliphatic heterocycles. The zero-order valence-electron chi connectivity index (χ0n) is 17.6. The van der Waals surface area contributed by atoms with Crippen molar-refractivity contribution < 1.29 is 14.0 Å². The zero-order valence-corrected chi connectivity index (χ0v) is 18.4. The number of rotatable bonds is 6. The molecule has 1 heterocycles. The predicted octanol–water partition coefficient (Wildman–Crippen LogP) is 5.26. The van der Waals surface area contributed by atoms with Gasteiger partial charge in [-0.2, -0.15) is 5.26 Å². The molecule has 3 aromatic carbocycles. The average Bonchev–Trinajstić information content (AvgIpc) is 2.84. The van der Waals surface area contributed by atoms with Crippen molar-refractivity contribution in [2.24, 2.45) is 0 Å². The molecular formula is C26H20FN3O2S. The Hall–Kier alpha value is -3.89. The van der Waals surface area contributed by atoms with Gasteiger partial charge < -0.3 is 5.32 Å². The van der Waals surface area contributed by atoms with E-state index in [1.807, 2.05) is 60.7 Å². The Bertz CT molecular complexity index is 1200. The number of benzene rings is 3. The van der Waals surface area contributed by atoms with Gasteiger partial charge in [-0.25, -0.2) is 4.39 Å². The van der Waals surface area contributed by atoms with E-state index < -0.39 is 11.7 Å². The highest BCUT2D eigenvalue weighted by Gasteiger charge is 2.31. The fourth-order valence-corrected chi connectivity index (χ4v) is 4.67. The number of para-hydroxylation sites is 2. The summed E-state index contributed by atoms with van der Waals surface area (Å²) < 4.78 is 14.4. The summed E-state index contributed by atoms with van der Waals surface area (Å²) >= 11 is 1.08. The maximum atomic E-state index is 14.4. The monoisotopic (exact) mass is 457 g/mol. The lowest BCUT2D eigenvalue weighted by atomic mass is 9.87. The second kappa shape index (κ2) is 10.2. The standard InChI is InChI=1S/C26H20FN3O2S/c27-23-14-8-7-13-20(23)21-15-24(31)29-26(22(21)16-28)33-17-25(32)30(18-9-3-1-4-10-18)19-11-5-2-6-12-19/h1-14,21H,15,17H2,(H,29,31). The Morgan fingerprint density at radius 2 is 1.58 bits per heavy atom. The first-order valence-corrected chi connectivity index (χ1v) is 11.3. The number of carbonyl (C=O) groups is 2. The molecule has 1 atom stereocenters. The lowest BCUT2D eigenvalue weighted by Crippen LogP contribution is -2.33. The highest BCUT2D eigenvalue weighted by Crippen LogP contribution is 2.37. The lowest BCUT2D eigenvalue weighted by molar-refractivity contribution is -0.121. The molecule has 0 saturated carbocycles. The van der Waals surface area contributed by atoms with Crippen LogP contribution in [-0.4, -0.2) is 17.6 Å². The molecule has 7 heteroatoms. The Kier molecular flexibility index (Phi) is 6.86. The van der Waals surface area contributed by atoms with E-state index in [0.29, 0.717) is 16.9 Å². The van der Waals surface area contributed by atoms with Crippen LogP contribution in [0.5, 0.6) is 0 Å². The highest BCUT2D eigenvalue weighted by molar-refractivity contribution is 8.03. The summed E-state index contributed by atoms with van der Waals surface area (Å²) in [6.45, 7) is 0. The zero-order chi connectivity index (χ0) is 23.2. The van der Waals surface area contributed by atoms with Crippen LogP contribution in [0.15, 0.2) is 95.5 Å². The van der Waals surface area contributed by atoms with Gasteiger partial charge in [0.25, 0.3) is 0 Å². The number of amides is 2. The first-order chi connectivity index (χ1) is 16.1. The highest BCUT2D eigenvalue weighted by atomic mass is 32.2. The molecule has 0 spiro atoms. The van der Waals surface area contributed by atoms with E-state index in [0.717, 1.165) is 11.8 Å². The van der Waals surface area contributed by atoms with Crippen LogP contribution in [0, 0.1) is 17.1 Å². The Morgan fingerprint density at radius 1 is 1.00 bits per heavy atom. The van der Waals surface area contributed by atoms with Crippen molar-refractivity contribution in [3.05, 3.63) is 107 Å². The second-order valence-electron chi connectivity index (χ2n) is 7.37. The minimum absolute atomic E-state index is 0.0193. The third-order valence-corrected chi connectivity index (χ3v) is 6.26. The van der Waals surface area contributed by atoms with Gasteiger partial charge in [0, 0.05) is 23.7 Å². The number of hydrogen-bond acceptors (Lipinski definition) is 4. The number of nitriles is 1. The first-order valence-electron chi connectivity index (χ1n) is 10.3. The third-order valence-electron chi connectivity index (χ3n) is 5.25. The van der Waals surface area contributed by atoms with Crippen LogP contribution < -0.4 is 10.2 Å². The molecule has 33 heavy (non-hydrogen) atoms. The van der Waals surface area contributed by atoms with E-state index in [-0.39, 0.29) is 34.6 Å². The van der Waals surface area contributed by atoms with Crippen LogP contribution >= 0.6 is 11.8 Å². The van der Waals surface area contributed by atoms with E-state index in [2.05, 4.69) is 11.4 Å². The van der Waals surface area contributed by atoms with Crippen LogP contribution in [0.2, 0.25) is 0 Å². The Balaban J connectivity index is 1.62. The number of carbonyl (C=O) groups excluding carboxylic acids is 2. The van der Waals surface area contributed by atoms with E-state index in [1.165, 1.54) is 6.07 Å². The molecule has 2 amide bonds. The molecule has 3 aromatic rings. The Morgan fingerprint density at radius 3 is 2.15 bits per heavy atom. The molecule has 1 aliphatic rings. The van der Waals surface area contributed by atoms with Crippen molar-refractivity contribution >= 4 is 35.0 Å². The van der Waals surface area contributed by atoms with Gasteiger partial charge in [-0.3, -0.25) is 14.5 Å². The SMILES string of the molecule is N#CC1=C(SCC(=O)N(c2ccccc2)c2ccccc2)NC(=O)CC1c1ccccc1F. The summed E-state index contributed by atoms with van der Waals surface area (Å²) in [5, 5.41) is 12.8. The van der Waals surface area contributed by atoms with Crippen molar-refractivity contribution in [1.82, 2.24) is 5.32 Å². The average molecular weight is 458 g/mol. The number of thioether (sulfide) groups is 1. The fraction of sp³-hybridized carbons (Fsp3) is 0.115. The molecule has 0 aliphatic carbocycles. The summed E-state index contributed by atoms with van der Waals surface area (Å²) in [6, 6.07) is 26.7. The predicted molar refractivity (Wildman–Crippen MR) is 127 cm³/mol. The molecule has 0 fully saturated rings. The first kappa shape index (κ1) is 22.3. The van der Waals surface area contributed by atoms with E-state index >= 15 is 0 Å². The largest absolute Gasteiger partial charge is 0.320 e. The third kappa shape index (κ3) is 4.97. The van der Waals surface area contributed by atoms with E-state index in [1.54, 1.807) is 23.1 Å². The molecule has 0 saturated heterocycles. The number of allylic oxidation sites excluding steroid dienone is 1. The second-order valence-corrected chi connectivity index (χ2v) is 8.36. The summed E-state index contributed by atoms with van der Waals surface area (Å²) in [4.78, 5) is 27.3. The van der Waals surface area contributed by atoms with Gasteiger partial charge in [0.2, 0.25) is 11.8 Å². The van der Waals surface area contributed by atoms with Gasteiger partial charge in [-0.05, 0) is 35.9 Å². The molecule has 1 N–H and O–H groups in total. The van der Waals surface area contributed by atoms with Gasteiger partial charge in [0.15, 0.2) is 0 Å². The number of nitrogens with zero attached hydrogens (tertiary/aromatic N) is 2. The van der Waals surface area contributed by atoms with Crippen LogP contribution in [-0.2, 0) is 9.59 Å². The molecule has 5 nitrogen and oxygen atoms in total. The molecule has 4 rings (SSSR count). The van der Waals surface area contributed by atoms with Gasteiger partial charge in [-0.1, -0.05) is 66.4 Å². The van der Waals surface area contributed by atoms with Crippen LogP contribution in [0.4, 0.5) is 15.8 Å². The van der Waals surface area contributed by atoms with Gasteiger partial charge >= 0.3 is 0 Å². The molecule has 0 bridgehead atoms. The van der Waals surface area contributed by atoms with Crippen molar-refractivity contribution in [2.75, 3.05) is 10.7 Å². The molecule has 164 valence electrons. The van der Waals surface area contributed by atoms with Crippen LogP contribution in [0.1, 0.15) is 17.9 Å².